The second-order valence-corrected chi connectivity index (χ2v) is 7.60. The molecule has 0 aliphatic carbocycles. The van der Waals surface area contributed by atoms with Crippen molar-refractivity contribution in [2.24, 2.45) is 0 Å². The van der Waals surface area contributed by atoms with Gasteiger partial charge in [0, 0.05) is 15.2 Å². The SMILES string of the molecule is COc1ccc(N(Cc2ccc(Br)cc2)C(=O)c2ccc(Cl)cc2Cl)cc1. The Hall–Kier alpha value is -2.01. The quantitative estimate of drug-likeness (QED) is 0.425. The fraction of sp³-hybridized carbons (Fsp3) is 0.0952. The third-order valence-corrected chi connectivity index (χ3v) is 5.12. The van der Waals surface area contributed by atoms with E-state index in [0.29, 0.717) is 22.2 Å². The molecule has 138 valence electrons. The second-order valence-electron chi connectivity index (χ2n) is 5.84. The monoisotopic (exact) mass is 463 g/mol. The molecule has 3 rings (SSSR count). The highest BCUT2D eigenvalue weighted by Gasteiger charge is 2.21. The maximum atomic E-state index is 13.3. The molecule has 1 amide bonds. The molecule has 0 atom stereocenters. The summed E-state index contributed by atoms with van der Waals surface area (Å²) in [6.45, 7) is 0.400. The Balaban J connectivity index is 1.99. The summed E-state index contributed by atoms with van der Waals surface area (Å²) < 4.78 is 6.19. The number of nitrogens with zero attached hydrogens (tertiary/aromatic N) is 1. The van der Waals surface area contributed by atoms with Crippen LogP contribution < -0.4 is 9.64 Å². The van der Waals surface area contributed by atoms with Gasteiger partial charge in [0.25, 0.3) is 5.91 Å². The molecule has 3 nitrogen and oxygen atoms in total. The Labute approximate surface area is 176 Å². The molecule has 0 unspecified atom stereocenters. The Morgan fingerprint density at radius 3 is 2.26 bits per heavy atom. The van der Waals surface area contributed by atoms with Gasteiger partial charge in [-0.05, 0) is 60.2 Å². The predicted octanol–water partition coefficient (Wildman–Crippen LogP) is 6.61. The first-order valence-electron chi connectivity index (χ1n) is 8.13. The van der Waals surface area contributed by atoms with Gasteiger partial charge >= 0.3 is 0 Å². The maximum absolute atomic E-state index is 13.3. The van der Waals surface area contributed by atoms with Gasteiger partial charge in [-0.15, -0.1) is 0 Å². The number of anilines is 1. The number of hydrogen-bond acceptors (Lipinski definition) is 2. The summed E-state index contributed by atoms with van der Waals surface area (Å²) in [6.07, 6.45) is 0. The number of methoxy groups -OCH3 is 1. The molecule has 27 heavy (non-hydrogen) atoms. The molecule has 0 N–H and O–H groups in total. The van der Waals surface area contributed by atoms with Crippen molar-refractivity contribution in [2.45, 2.75) is 6.54 Å². The number of rotatable bonds is 5. The molecular weight excluding hydrogens is 449 g/mol. The first kappa shape index (κ1) is 19.7. The zero-order valence-corrected chi connectivity index (χ0v) is 17.6. The van der Waals surface area contributed by atoms with Crippen molar-refractivity contribution >= 4 is 50.7 Å². The molecule has 6 heteroatoms. The summed E-state index contributed by atoms with van der Waals surface area (Å²) in [7, 11) is 1.60. The molecule has 0 heterocycles. The number of halogens is 3. The zero-order valence-electron chi connectivity index (χ0n) is 14.5. The van der Waals surface area contributed by atoms with E-state index in [1.807, 2.05) is 48.5 Å². The second kappa shape index (κ2) is 8.79. The molecular formula is C21H16BrCl2NO2. The molecule has 0 radical (unpaired) electrons. The minimum atomic E-state index is -0.204. The van der Waals surface area contributed by atoms with Crippen molar-refractivity contribution in [1.82, 2.24) is 0 Å². The van der Waals surface area contributed by atoms with Crippen molar-refractivity contribution < 1.29 is 9.53 Å². The highest BCUT2D eigenvalue weighted by molar-refractivity contribution is 9.10. The van der Waals surface area contributed by atoms with E-state index in [9.17, 15) is 4.79 Å². The molecule has 3 aromatic rings. The van der Waals surface area contributed by atoms with Crippen LogP contribution in [0, 0.1) is 0 Å². The zero-order chi connectivity index (χ0) is 19.4. The van der Waals surface area contributed by atoms with E-state index in [1.165, 1.54) is 0 Å². The number of amides is 1. The lowest BCUT2D eigenvalue weighted by Crippen LogP contribution is -2.30. The van der Waals surface area contributed by atoms with E-state index in [0.717, 1.165) is 21.5 Å². The standard InChI is InChI=1S/C21H16BrCl2NO2/c1-27-18-9-7-17(8-10-18)25(13-14-2-4-15(22)5-3-14)21(26)19-11-6-16(23)12-20(19)24/h2-12H,13H2,1H3. The molecule has 0 aromatic heterocycles. The van der Waals surface area contributed by atoms with Crippen LogP contribution in [-0.4, -0.2) is 13.0 Å². The Kier molecular flexibility index (Phi) is 6.42. The number of carbonyl (C=O) groups is 1. The van der Waals surface area contributed by atoms with E-state index >= 15 is 0 Å². The van der Waals surface area contributed by atoms with Gasteiger partial charge in [-0.25, -0.2) is 0 Å². The van der Waals surface area contributed by atoms with Gasteiger partial charge in [-0.3, -0.25) is 4.79 Å². The molecule has 0 saturated carbocycles. The Bertz CT molecular complexity index is 943. The van der Waals surface area contributed by atoms with Crippen molar-refractivity contribution in [3.05, 3.63) is 92.4 Å². The third-order valence-electron chi connectivity index (χ3n) is 4.04. The van der Waals surface area contributed by atoms with Crippen molar-refractivity contribution in [2.75, 3.05) is 12.0 Å². The molecule has 0 fully saturated rings. The highest BCUT2D eigenvalue weighted by Crippen LogP contribution is 2.27. The minimum absolute atomic E-state index is 0.204. The average molecular weight is 465 g/mol. The number of benzene rings is 3. The van der Waals surface area contributed by atoms with Gasteiger partial charge in [0.05, 0.1) is 24.2 Å². The lowest BCUT2D eigenvalue weighted by Gasteiger charge is -2.24. The first-order valence-corrected chi connectivity index (χ1v) is 9.68. The summed E-state index contributed by atoms with van der Waals surface area (Å²) >= 11 is 15.7. The average Bonchev–Trinajstić information content (AvgIpc) is 2.67. The topological polar surface area (TPSA) is 29.5 Å². The molecule has 0 aliphatic rings. The van der Waals surface area contributed by atoms with Crippen LogP contribution in [0.1, 0.15) is 15.9 Å². The molecule has 0 bridgehead atoms. The summed E-state index contributed by atoms with van der Waals surface area (Å²) in [5.74, 6) is 0.518. The van der Waals surface area contributed by atoms with Gasteiger partial charge in [-0.1, -0.05) is 51.3 Å². The lowest BCUT2D eigenvalue weighted by atomic mass is 10.1. The number of hydrogen-bond donors (Lipinski definition) is 0. The number of ether oxygens (including phenoxy) is 1. The summed E-state index contributed by atoms with van der Waals surface area (Å²) in [5, 5.41) is 0.808. The largest absolute Gasteiger partial charge is 0.497 e. The Morgan fingerprint density at radius 2 is 1.67 bits per heavy atom. The van der Waals surface area contributed by atoms with E-state index in [1.54, 1.807) is 30.2 Å². The van der Waals surface area contributed by atoms with Gasteiger partial charge in [-0.2, -0.15) is 0 Å². The Morgan fingerprint density at radius 1 is 1.00 bits per heavy atom. The van der Waals surface area contributed by atoms with Crippen molar-refractivity contribution in [1.29, 1.82) is 0 Å². The normalized spacial score (nSPS) is 10.5. The van der Waals surface area contributed by atoms with Crippen LogP contribution in [0.25, 0.3) is 0 Å². The summed E-state index contributed by atoms with van der Waals surface area (Å²) in [6, 6.07) is 20.0. The molecule has 3 aromatic carbocycles. The molecule has 0 aliphatic heterocycles. The summed E-state index contributed by atoms with van der Waals surface area (Å²) in [4.78, 5) is 14.9. The third kappa shape index (κ3) is 4.83. The smallest absolute Gasteiger partial charge is 0.260 e. The fourth-order valence-electron chi connectivity index (χ4n) is 2.62. The van der Waals surface area contributed by atoms with E-state index in [4.69, 9.17) is 27.9 Å². The van der Waals surface area contributed by atoms with E-state index in [-0.39, 0.29) is 5.91 Å². The van der Waals surface area contributed by atoms with Crippen molar-refractivity contribution in [3.63, 3.8) is 0 Å². The van der Waals surface area contributed by atoms with Crippen LogP contribution in [0.4, 0.5) is 5.69 Å². The van der Waals surface area contributed by atoms with Gasteiger partial charge < -0.3 is 9.64 Å². The van der Waals surface area contributed by atoms with E-state index in [2.05, 4.69) is 15.9 Å². The van der Waals surface area contributed by atoms with Crippen LogP contribution in [0.15, 0.2) is 71.2 Å². The van der Waals surface area contributed by atoms with Gasteiger partial charge in [0.15, 0.2) is 0 Å². The maximum Gasteiger partial charge on any atom is 0.260 e. The van der Waals surface area contributed by atoms with Crippen LogP contribution >= 0.6 is 39.1 Å². The van der Waals surface area contributed by atoms with Crippen LogP contribution in [0.2, 0.25) is 10.0 Å². The minimum Gasteiger partial charge on any atom is -0.497 e. The van der Waals surface area contributed by atoms with Crippen molar-refractivity contribution in [3.8, 4) is 5.75 Å². The first-order chi connectivity index (χ1) is 13.0. The molecule has 0 spiro atoms. The van der Waals surface area contributed by atoms with Crippen LogP contribution in [-0.2, 0) is 6.54 Å². The number of carbonyl (C=O) groups excluding carboxylic acids is 1. The van der Waals surface area contributed by atoms with E-state index < -0.39 is 0 Å². The van der Waals surface area contributed by atoms with Gasteiger partial charge in [0.1, 0.15) is 5.75 Å². The van der Waals surface area contributed by atoms with Crippen LogP contribution in [0.3, 0.4) is 0 Å². The fourth-order valence-corrected chi connectivity index (χ4v) is 3.38. The highest BCUT2D eigenvalue weighted by atomic mass is 79.9. The molecule has 0 saturated heterocycles. The lowest BCUT2D eigenvalue weighted by molar-refractivity contribution is 0.0985. The van der Waals surface area contributed by atoms with Crippen LogP contribution in [0.5, 0.6) is 5.75 Å². The van der Waals surface area contributed by atoms with Gasteiger partial charge in [0.2, 0.25) is 0 Å². The predicted molar refractivity (Wildman–Crippen MR) is 114 cm³/mol. The summed E-state index contributed by atoms with van der Waals surface area (Å²) in [5.41, 5.74) is 2.14.